The summed E-state index contributed by atoms with van der Waals surface area (Å²) < 4.78 is 6.33. The van der Waals surface area contributed by atoms with Gasteiger partial charge in [-0.15, -0.1) is 11.3 Å². The Morgan fingerprint density at radius 2 is 1.77 bits per heavy atom. The quantitative estimate of drug-likeness (QED) is 0.241. The van der Waals surface area contributed by atoms with Crippen LogP contribution in [-0.4, -0.2) is 31.8 Å². The molecule has 0 aliphatic carbocycles. The third-order valence-electron chi connectivity index (χ3n) is 5.73. The second-order valence-electron chi connectivity index (χ2n) is 8.47. The standard InChI is InChI=1S/C28H23N7O3S/c1-3-4-20(36)35-18-8-5-16(6-9-18)24-22(23-25(39-24)19(27(30)37)14-33-26(23)29)17-7-10-21(32-13-17)38-28-31-12-11-15(2)34-28/h3-14H,1-2H3,(H2,29,33)(H2,30,37)(H,35,36). The molecule has 1 aromatic carbocycles. The van der Waals surface area contributed by atoms with Crippen LogP contribution in [0, 0.1) is 6.92 Å². The first-order valence-electron chi connectivity index (χ1n) is 11.8. The molecule has 0 atom stereocenters. The normalized spacial score (nSPS) is 11.1. The Morgan fingerprint density at radius 1 is 1.00 bits per heavy atom. The lowest BCUT2D eigenvalue weighted by Gasteiger charge is -2.09. The molecule has 0 saturated heterocycles. The van der Waals surface area contributed by atoms with Crippen LogP contribution in [0.15, 0.2) is 73.2 Å². The van der Waals surface area contributed by atoms with Crippen molar-refractivity contribution in [2.24, 2.45) is 5.73 Å². The molecule has 0 aliphatic rings. The average molecular weight is 538 g/mol. The lowest BCUT2D eigenvalue weighted by molar-refractivity contribution is -0.111. The Labute approximate surface area is 227 Å². The molecule has 0 radical (unpaired) electrons. The Hall–Kier alpha value is -5.16. The van der Waals surface area contributed by atoms with Gasteiger partial charge >= 0.3 is 6.01 Å². The van der Waals surface area contributed by atoms with Gasteiger partial charge in [-0.1, -0.05) is 18.2 Å². The van der Waals surface area contributed by atoms with Crippen molar-refractivity contribution in [2.45, 2.75) is 13.8 Å². The summed E-state index contributed by atoms with van der Waals surface area (Å²) >= 11 is 1.38. The highest BCUT2D eigenvalue weighted by Gasteiger charge is 2.23. The van der Waals surface area contributed by atoms with Crippen LogP contribution in [0.1, 0.15) is 23.0 Å². The van der Waals surface area contributed by atoms with Crippen molar-refractivity contribution in [1.29, 1.82) is 0 Å². The predicted molar refractivity (Wildman–Crippen MR) is 152 cm³/mol. The molecule has 5 rings (SSSR count). The van der Waals surface area contributed by atoms with Crippen molar-refractivity contribution in [3.8, 4) is 33.5 Å². The number of carbonyl (C=O) groups excluding carboxylic acids is 2. The molecule has 11 heteroatoms. The number of nitrogens with two attached hydrogens (primary N) is 2. The zero-order chi connectivity index (χ0) is 27.5. The van der Waals surface area contributed by atoms with E-state index in [9.17, 15) is 9.59 Å². The van der Waals surface area contributed by atoms with E-state index in [0.717, 1.165) is 27.3 Å². The number of nitrogen functional groups attached to an aromatic ring is 1. The van der Waals surface area contributed by atoms with Crippen molar-refractivity contribution in [2.75, 3.05) is 11.1 Å². The van der Waals surface area contributed by atoms with Crippen LogP contribution in [-0.2, 0) is 4.79 Å². The van der Waals surface area contributed by atoms with Gasteiger partial charge in [0.1, 0.15) is 5.82 Å². The van der Waals surface area contributed by atoms with E-state index in [1.54, 1.807) is 49.7 Å². The van der Waals surface area contributed by atoms with Gasteiger partial charge in [0.25, 0.3) is 5.91 Å². The van der Waals surface area contributed by atoms with Crippen molar-refractivity contribution in [3.63, 3.8) is 0 Å². The fourth-order valence-corrected chi connectivity index (χ4v) is 5.33. The smallest absolute Gasteiger partial charge is 0.323 e. The number of nitrogens with one attached hydrogen (secondary N) is 1. The third kappa shape index (κ3) is 5.29. The first-order valence-corrected chi connectivity index (χ1v) is 12.6. The highest BCUT2D eigenvalue weighted by Crippen LogP contribution is 2.47. The molecule has 4 aromatic heterocycles. The maximum absolute atomic E-state index is 12.2. The van der Waals surface area contributed by atoms with Gasteiger partial charge in [-0.05, 0) is 49.8 Å². The van der Waals surface area contributed by atoms with E-state index < -0.39 is 5.91 Å². The number of rotatable bonds is 7. The van der Waals surface area contributed by atoms with Gasteiger partial charge in [0.15, 0.2) is 0 Å². The highest BCUT2D eigenvalue weighted by molar-refractivity contribution is 7.23. The lowest BCUT2D eigenvalue weighted by atomic mass is 9.99. The minimum absolute atomic E-state index is 0.193. The van der Waals surface area contributed by atoms with Crippen LogP contribution in [0.3, 0.4) is 0 Å². The number of aryl methyl sites for hydroxylation is 1. The number of allylic oxidation sites excluding steroid dienone is 1. The van der Waals surface area contributed by atoms with E-state index >= 15 is 0 Å². The SMILES string of the molecule is CC=CC(=O)Nc1ccc(-c2sc3c(C(N)=O)cnc(N)c3c2-c2ccc(Oc3nccc(C)n3)nc2)cc1. The Balaban J connectivity index is 1.60. The van der Waals surface area contributed by atoms with E-state index in [1.807, 2.05) is 25.1 Å². The average Bonchev–Trinajstić information content (AvgIpc) is 3.31. The van der Waals surface area contributed by atoms with Crippen LogP contribution >= 0.6 is 11.3 Å². The molecule has 0 saturated carbocycles. The molecular weight excluding hydrogens is 514 g/mol. The number of primary amides is 1. The van der Waals surface area contributed by atoms with Crippen LogP contribution in [0.2, 0.25) is 0 Å². The summed E-state index contributed by atoms with van der Waals surface area (Å²) in [5, 5.41) is 3.42. The van der Waals surface area contributed by atoms with Crippen molar-refractivity contribution < 1.29 is 14.3 Å². The lowest BCUT2D eigenvalue weighted by Crippen LogP contribution is -2.11. The summed E-state index contributed by atoms with van der Waals surface area (Å²) in [6, 6.07) is 12.9. The number of hydrogen-bond donors (Lipinski definition) is 3. The number of amides is 2. The molecule has 0 aliphatic heterocycles. The van der Waals surface area contributed by atoms with Gasteiger partial charge in [0.05, 0.1) is 10.3 Å². The molecule has 10 nitrogen and oxygen atoms in total. The number of nitrogens with zero attached hydrogens (tertiary/aromatic N) is 4. The molecule has 4 heterocycles. The summed E-state index contributed by atoms with van der Waals surface area (Å²) in [6.45, 7) is 3.62. The second-order valence-corrected chi connectivity index (χ2v) is 9.49. The number of aromatic nitrogens is 4. The van der Waals surface area contributed by atoms with Crippen LogP contribution < -0.4 is 21.5 Å². The molecule has 0 fully saturated rings. The predicted octanol–water partition coefficient (Wildman–Crippen LogP) is 5.11. The summed E-state index contributed by atoms with van der Waals surface area (Å²) in [6.07, 6.45) is 7.77. The minimum Gasteiger partial charge on any atom is -0.405 e. The largest absolute Gasteiger partial charge is 0.405 e. The summed E-state index contributed by atoms with van der Waals surface area (Å²) in [7, 11) is 0. The highest BCUT2D eigenvalue weighted by atomic mass is 32.1. The number of carbonyl (C=O) groups is 2. The van der Waals surface area contributed by atoms with E-state index in [2.05, 4.69) is 25.3 Å². The van der Waals surface area contributed by atoms with E-state index in [-0.39, 0.29) is 23.3 Å². The van der Waals surface area contributed by atoms with Gasteiger partial charge in [-0.3, -0.25) is 9.59 Å². The van der Waals surface area contributed by atoms with E-state index in [4.69, 9.17) is 16.2 Å². The molecule has 0 spiro atoms. The van der Waals surface area contributed by atoms with Crippen molar-refractivity contribution in [1.82, 2.24) is 19.9 Å². The number of anilines is 2. The van der Waals surface area contributed by atoms with Gasteiger partial charge in [0.2, 0.25) is 11.8 Å². The van der Waals surface area contributed by atoms with Gasteiger partial charge in [-0.2, -0.15) is 0 Å². The molecule has 5 aromatic rings. The molecule has 194 valence electrons. The Morgan fingerprint density at radius 3 is 2.44 bits per heavy atom. The van der Waals surface area contributed by atoms with Gasteiger partial charge < -0.3 is 21.5 Å². The van der Waals surface area contributed by atoms with E-state index in [1.165, 1.54) is 23.6 Å². The number of fused-ring (bicyclic) bond motifs is 1. The molecular formula is C28H23N7O3S. The Bertz CT molecular complexity index is 1730. The van der Waals surface area contributed by atoms with Crippen molar-refractivity contribution in [3.05, 3.63) is 84.5 Å². The zero-order valence-corrected chi connectivity index (χ0v) is 21.8. The molecule has 0 bridgehead atoms. The number of hydrogen-bond acceptors (Lipinski definition) is 9. The summed E-state index contributed by atoms with van der Waals surface area (Å²) in [5.74, 6) is -0.247. The van der Waals surface area contributed by atoms with Crippen molar-refractivity contribution >= 4 is 44.7 Å². The Kier molecular flexibility index (Phi) is 6.98. The first kappa shape index (κ1) is 25.5. The fourth-order valence-electron chi connectivity index (χ4n) is 3.97. The molecule has 2 amide bonds. The molecule has 0 unspecified atom stereocenters. The molecule has 39 heavy (non-hydrogen) atoms. The first-order chi connectivity index (χ1) is 18.8. The topological polar surface area (TPSA) is 159 Å². The maximum Gasteiger partial charge on any atom is 0.323 e. The van der Waals surface area contributed by atoms with Crippen LogP contribution in [0.5, 0.6) is 11.9 Å². The number of pyridine rings is 2. The second kappa shape index (κ2) is 10.7. The van der Waals surface area contributed by atoms with Crippen LogP contribution in [0.4, 0.5) is 11.5 Å². The number of thiophene rings is 1. The van der Waals surface area contributed by atoms with Crippen LogP contribution in [0.25, 0.3) is 31.7 Å². The number of benzene rings is 1. The van der Waals surface area contributed by atoms with E-state index in [0.29, 0.717) is 21.7 Å². The summed E-state index contributed by atoms with van der Waals surface area (Å²) in [4.78, 5) is 42.0. The fraction of sp³-hybridized carbons (Fsp3) is 0.0714. The minimum atomic E-state index is -0.603. The van der Waals surface area contributed by atoms with Gasteiger partial charge in [-0.25, -0.2) is 19.9 Å². The third-order valence-corrected chi connectivity index (χ3v) is 7.01. The maximum atomic E-state index is 12.2. The monoisotopic (exact) mass is 537 g/mol. The van der Waals surface area contributed by atoms with Gasteiger partial charge in [0, 0.05) is 57.4 Å². The number of ether oxygens (including phenoxy) is 1. The zero-order valence-electron chi connectivity index (χ0n) is 21.0. The summed E-state index contributed by atoms with van der Waals surface area (Å²) in [5.41, 5.74) is 16.0. The molecule has 5 N–H and O–H groups in total.